The number of nitrogens with one attached hydrogen (secondary N) is 1. The average Bonchev–Trinajstić information content (AvgIpc) is 2.48. The van der Waals surface area contributed by atoms with Gasteiger partial charge < -0.3 is 10.1 Å². The first-order valence-electron chi connectivity index (χ1n) is 6.02. The van der Waals surface area contributed by atoms with Crippen LogP contribution in [-0.2, 0) is 4.79 Å². The fourth-order valence-electron chi connectivity index (χ4n) is 1.60. The van der Waals surface area contributed by atoms with Gasteiger partial charge in [-0.2, -0.15) is 0 Å². The molecule has 2 aromatic rings. The molecule has 0 heterocycles. The summed E-state index contributed by atoms with van der Waals surface area (Å²) in [5, 5.41) is 2.63. The summed E-state index contributed by atoms with van der Waals surface area (Å²) in [4.78, 5) is 22.2. The van der Waals surface area contributed by atoms with Crippen LogP contribution < -0.4 is 10.1 Å². The number of amides is 1. The first kappa shape index (κ1) is 15.2. The molecule has 0 saturated heterocycles. The number of hydrogen-bond acceptors (Lipinski definition) is 3. The van der Waals surface area contributed by atoms with Crippen LogP contribution in [0, 0.1) is 5.82 Å². The molecular weight excluding hydrogens is 341 g/mol. The molecule has 0 saturated carbocycles. The molecule has 0 aliphatic rings. The summed E-state index contributed by atoms with van der Waals surface area (Å²) in [6, 6.07) is 10.9. The van der Waals surface area contributed by atoms with Crippen molar-refractivity contribution in [2.24, 2.45) is 0 Å². The quantitative estimate of drug-likeness (QED) is 0.839. The summed E-state index contributed by atoms with van der Waals surface area (Å²) >= 11 is 3.30. The minimum Gasteiger partial charge on any atom is -0.481 e. The van der Waals surface area contributed by atoms with E-state index < -0.39 is 11.7 Å². The van der Waals surface area contributed by atoms with E-state index in [9.17, 15) is 14.0 Å². The fourth-order valence-corrected chi connectivity index (χ4v) is 1.98. The van der Waals surface area contributed by atoms with Gasteiger partial charge in [0.15, 0.2) is 18.2 Å². The van der Waals surface area contributed by atoms with Crippen LogP contribution in [0.5, 0.6) is 5.75 Å². The van der Waals surface area contributed by atoms with Crippen molar-refractivity contribution in [1.29, 1.82) is 0 Å². The van der Waals surface area contributed by atoms with Gasteiger partial charge in [0, 0.05) is 10.0 Å². The van der Waals surface area contributed by atoms with E-state index in [1.165, 1.54) is 12.1 Å². The minimum atomic E-state index is -0.687. The van der Waals surface area contributed by atoms with E-state index in [0.717, 1.165) is 10.5 Å². The Morgan fingerprint density at radius 3 is 2.71 bits per heavy atom. The lowest BCUT2D eigenvalue weighted by molar-refractivity contribution is -0.118. The number of benzene rings is 2. The predicted octanol–water partition coefficient (Wildman–Crippen LogP) is 3.42. The van der Waals surface area contributed by atoms with Crippen LogP contribution in [0.4, 0.5) is 10.1 Å². The highest BCUT2D eigenvalue weighted by Crippen LogP contribution is 2.21. The Morgan fingerprint density at radius 2 is 2.05 bits per heavy atom. The van der Waals surface area contributed by atoms with Gasteiger partial charge in [0.1, 0.15) is 6.29 Å². The fraction of sp³-hybridized carbons (Fsp3) is 0.0667. The summed E-state index contributed by atoms with van der Waals surface area (Å²) in [5.41, 5.74) is 0.806. The molecule has 1 N–H and O–H groups in total. The van der Waals surface area contributed by atoms with Crippen LogP contribution in [0.2, 0.25) is 0 Å². The van der Waals surface area contributed by atoms with E-state index in [0.29, 0.717) is 12.0 Å². The molecule has 108 valence electrons. The highest BCUT2D eigenvalue weighted by molar-refractivity contribution is 9.10. The van der Waals surface area contributed by atoms with Gasteiger partial charge in [-0.15, -0.1) is 0 Å². The summed E-state index contributed by atoms with van der Waals surface area (Å²) in [7, 11) is 0. The van der Waals surface area contributed by atoms with Crippen molar-refractivity contribution < 1.29 is 18.7 Å². The van der Waals surface area contributed by atoms with E-state index in [4.69, 9.17) is 4.74 Å². The monoisotopic (exact) mass is 351 g/mol. The Balaban J connectivity index is 1.95. The second kappa shape index (κ2) is 6.99. The van der Waals surface area contributed by atoms with Crippen molar-refractivity contribution in [2.75, 3.05) is 11.9 Å². The van der Waals surface area contributed by atoms with Gasteiger partial charge in [0.05, 0.1) is 5.69 Å². The molecule has 0 spiro atoms. The molecule has 1 amide bonds. The van der Waals surface area contributed by atoms with Crippen LogP contribution in [-0.4, -0.2) is 18.8 Å². The standard InChI is InChI=1S/C15H11BrFNO3/c16-11-3-1-2-4-13(11)18-15(20)9-21-14-6-5-10(8-19)7-12(14)17/h1-8H,9H2,(H,18,20). The lowest BCUT2D eigenvalue weighted by Gasteiger charge is -2.09. The number of rotatable bonds is 5. The molecule has 0 atom stereocenters. The van der Waals surface area contributed by atoms with Crippen molar-refractivity contribution in [3.8, 4) is 5.75 Å². The Kier molecular flexibility index (Phi) is 5.05. The second-order valence-corrected chi connectivity index (χ2v) is 4.98. The lowest BCUT2D eigenvalue weighted by atomic mass is 10.2. The highest BCUT2D eigenvalue weighted by Gasteiger charge is 2.09. The van der Waals surface area contributed by atoms with Crippen molar-refractivity contribution in [3.63, 3.8) is 0 Å². The molecule has 21 heavy (non-hydrogen) atoms. The molecule has 0 fully saturated rings. The van der Waals surface area contributed by atoms with E-state index in [2.05, 4.69) is 21.2 Å². The number of carbonyl (C=O) groups is 2. The Morgan fingerprint density at radius 1 is 1.29 bits per heavy atom. The minimum absolute atomic E-state index is 0.0807. The number of halogens is 2. The van der Waals surface area contributed by atoms with Gasteiger partial charge in [-0.3, -0.25) is 9.59 Å². The largest absolute Gasteiger partial charge is 0.481 e. The van der Waals surface area contributed by atoms with Crippen molar-refractivity contribution >= 4 is 33.8 Å². The molecule has 0 unspecified atom stereocenters. The number of hydrogen-bond donors (Lipinski definition) is 1. The first-order chi connectivity index (χ1) is 10.1. The van der Waals surface area contributed by atoms with E-state index >= 15 is 0 Å². The summed E-state index contributed by atoms with van der Waals surface area (Å²) in [6.45, 7) is -0.335. The van der Waals surface area contributed by atoms with Gasteiger partial charge >= 0.3 is 0 Å². The molecular formula is C15H11BrFNO3. The Bertz CT molecular complexity index is 676. The summed E-state index contributed by atoms with van der Waals surface area (Å²) in [6.07, 6.45) is 0.534. The zero-order chi connectivity index (χ0) is 15.2. The lowest BCUT2D eigenvalue weighted by Crippen LogP contribution is -2.20. The maximum atomic E-state index is 13.6. The maximum absolute atomic E-state index is 13.6. The second-order valence-electron chi connectivity index (χ2n) is 4.12. The van der Waals surface area contributed by atoms with Crippen molar-refractivity contribution in [1.82, 2.24) is 0 Å². The molecule has 4 nitrogen and oxygen atoms in total. The van der Waals surface area contributed by atoms with Crippen LogP contribution in [0.15, 0.2) is 46.9 Å². The molecule has 0 aliphatic carbocycles. The zero-order valence-corrected chi connectivity index (χ0v) is 12.4. The van der Waals surface area contributed by atoms with Crippen molar-refractivity contribution in [2.45, 2.75) is 0 Å². The summed E-state index contributed by atoms with van der Waals surface area (Å²) in [5.74, 6) is -1.18. The SMILES string of the molecule is O=Cc1ccc(OCC(=O)Nc2ccccc2Br)c(F)c1. The smallest absolute Gasteiger partial charge is 0.262 e. The number of ether oxygens (including phenoxy) is 1. The van der Waals surface area contributed by atoms with Gasteiger partial charge in [-0.25, -0.2) is 4.39 Å². The van der Waals surface area contributed by atoms with Gasteiger partial charge in [0.2, 0.25) is 0 Å². The Hall–Kier alpha value is -2.21. The molecule has 0 aliphatic heterocycles. The zero-order valence-electron chi connectivity index (χ0n) is 10.8. The van der Waals surface area contributed by atoms with Crippen LogP contribution >= 0.6 is 15.9 Å². The molecule has 6 heteroatoms. The molecule has 0 radical (unpaired) electrons. The number of carbonyl (C=O) groups excluding carboxylic acids is 2. The first-order valence-corrected chi connectivity index (χ1v) is 6.81. The third kappa shape index (κ3) is 4.13. The molecule has 2 aromatic carbocycles. The van der Waals surface area contributed by atoms with Gasteiger partial charge in [-0.1, -0.05) is 12.1 Å². The predicted molar refractivity (Wildman–Crippen MR) is 80.1 cm³/mol. The maximum Gasteiger partial charge on any atom is 0.262 e. The molecule has 2 rings (SSSR count). The van der Waals surface area contributed by atoms with Crippen LogP contribution in [0.1, 0.15) is 10.4 Å². The van der Waals surface area contributed by atoms with Crippen LogP contribution in [0.3, 0.4) is 0 Å². The van der Waals surface area contributed by atoms with E-state index in [-0.39, 0.29) is 17.9 Å². The van der Waals surface area contributed by atoms with E-state index in [1.54, 1.807) is 18.2 Å². The topological polar surface area (TPSA) is 55.4 Å². The number of para-hydroxylation sites is 1. The van der Waals surface area contributed by atoms with Crippen LogP contribution in [0.25, 0.3) is 0 Å². The number of aldehydes is 1. The van der Waals surface area contributed by atoms with Crippen molar-refractivity contribution in [3.05, 3.63) is 58.3 Å². The third-order valence-corrected chi connectivity index (χ3v) is 3.29. The summed E-state index contributed by atoms with van der Waals surface area (Å²) < 4.78 is 19.4. The van der Waals surface area contributed by atoms with E-state index in [1.807, 2.05) is 6.07 Å². The average molecular weight is 352 g/mol. The van der Waals surface area contributed by atoms with Gasteiger partial charge in [0.25, 0.3) is 5.91 Å². The molecule has 0 aromatic heterocycles. The third-order valence-electron chi connectivity index (χ3n) is 2.60. The Labute approximate surface area is 129 Å². The van der Waals surface area contributed by atoms with Gasteiger partial charge in [-0.05, 0) is 46.3 Å². The number of anilines is 1. The molecule has 0 bridgehead atoms. The highest BCUT2D eigenvalue weighted by atomic mass is 79.9. The normalized spacial score (nSPS) is 10.0.